The molecule has 0 saturated carbocycles. The van der Waals surface area contributed by atoms with Crippen LogP contribution in [0.25, 0.3) is 0 Å². The zero-order valence-electron chi connectivity index (χ0n) is 21.8. The van der Waals surface area contributed by atoms with E-state index in [2.05, 4.69) is 38.1 Å². The smallest absolute Gasteiger partial charge is 0.129 e. The number of carbonyl (C=O) groups is 1. The summed E-state index contributed by atoms with van der Waals surface area (Å²) in [5.41, 5.74) is 2.29. The van der Waals surface area contributed by atoms with Gasteiger partial charge in [-0.3, -0.25) is 0 Å². The Morgan fingerprint density at radius 2 is 1.09 bits per heavy atom. The Hall–Kier alpha value is -2.29. The summed E-state index contributed by atoms with van der Waals surface area (Å²) in [4.78, 5) is 10.9. The van der Waals surface area contributed by atoms with Crippen LogP contribution in [0.15, 0.2) is 48.5 Å². The Morgan fingerprint density at radius 3 is 1.56 bits per heavy atom. The minimum atomic E-state index is -0.123. The maximum atomic E-state index is 10.9. The number of ether oxygens (including phenoxy) is 1. The number of hydrogen-bond acceptors (Lipinski definition) is 3. The summed E-state index contributed by atoms with van der Waals surface area (Å²) >= 11 is 0. The molecule has 0 atom stereocenters. The third kappa shape index (κ3) is 10.8. The number of ketones is 1. The first-order chi connectivity index (χ1) is 16.4. The summed E-state index contributed by atoms with van der Waals surface area (Å²) in [6, 6.07) is 15.9. The molecule has 0 aliphatic carbocycles. The van der Waals surface area contributed by atoms with Gasteiger partial charge in [-0.05, 0) is 55.2 Å². The SMILES string of the molecule is CC(=O)CCCCCCCCCCCCCCOc1ccc(C(C)(C)c2ccc(O)cc2)cc1. The molecule has 0 spiro atoms. The first kappa shape index (κ1) is 28.0. The van der Waals surface area contributed by atoms with Crippen molar-refractivity contribution in [1.29, 1.82) is 0 Å². The Kier molecular flexibility index (Phi) is 12.8. The highest BCUT2D eigenvalue weighted by atomic mass is 16.5. The van der Waals surface area contributed by atoms with Gasteiger partial charge in [0.25, 0.3) is 0 Å². The molecule has 3 heteroatoms. The van der Waals surface area contributed by atoms with Crippen molar-refractivity contribution in [3.05, 3.63) is 59.7 Å². The normalized spacial score (nSPS) is 11.5. The van der Waals surface area contributed by atoms with Gasteiger partial charge in [0, 0.05) is 11.8 Å². The number of aromatic hydroxyl groups is 1. The van der Waals surface area contributed by atoms with Crippen LogP contribution in [0.4, 0.5) is 0 Å². The molecule has 2 rings (SSSR count). The maximum absolute atomic E-state index is 10.9. The molecule has 34 heavy (non-hydrogen) atoms. The van der Waals surface area contributed by atoms with Gasteiger partial charge in [-0.2, -0.15) is 0 Å². The lowest BCUT2D eigenvalue weighted by molar-refractivity contribution is -0.117. The lowest BCUT2D eigenvalue weighted by atomic mass is 9.78. The minimum absolute atomic E-state index is 0.123. The van der Waals surface area contributed by atoms with E-state index in [-0.39, 0.29) is 5.41 Å². The van der Waals surface area contributed by atoms with E-state index in [0.717, 1.165) is 31.6 Å². The summed E-state index contributed by atoms with van der Waals surface area (Å²) in [7, 11) is 0. The highest BCUT2D eigenvalue weighted by Crippen LogP contribution is 2.33. The molecule has 0 aliphatic rings. The number of carbonyl (C=O) groups excluding carboxylic acids is 1. The Labute approximate surface area is 207 Å². The van der Waals surface area contributed by atoms with E-state index >= 15 is 0 Å². The molecule has 2 aromatic rings. The van der Waals surface area contributed by atoms with Crippen LogP contribution in [0.5, 0.6) is 11.5 Å². The molecular formula is C31H46O3. The number of unbranched alkanes of at least 4 members (excludes halogenated alkanes) is 11. The van der Waals surface area contributed by atoms with Crippen molar-refractivity contribution in [1.82, 2.24) is 0 Å². The van der Waals surface area contributed by atoms with Gasteiger partial charge < -0.3 is 14.6 Å². The number of phenols is 1. The molecule has 3 nitrogen and oxygen atoms in total. The largest absolute Gasteiger partial charge is 0.508 e. The third-order valence-corrected chi connectivity index (χ3v) is 6.86. The zero-order chi connectivity index (χ0) is 24.7. The molecular weight excluding hydrogens is 420 g/mol. The monoisotopic (exact) mass is 466 g/mol. The predicted molar refractivity (Wildman–Crippen MR) is 143 cm³/mol. The highest BCUT2D eigenvalue weighted by Gasteiger charge is 2.23. The van der Waals surface area contributed by atoms with E-state index in [1.165, 1.54) is 75.3 Å². The molecule has 0 bridgehead atoms. The van der Waals surface area contributed by atoms with E-state index in [1.807, 2.05) is 12.1 Å². The Bertz CT molecular complexity index is 806. The zero-order valence-corrected chi connectivity index (χ0v) is 21.8. The molecule has 0 aromatic heterocycles. The van der Waals surface area contributed by atoms with E-state index in [1.54, 1.807) is 19.1 Å². The molecule has 0 heterocycles. The fraction of sp³-hybridized carbons (Fsp3) is 0.581. The molecule has 0 fully saturated rings. The summed E-state index contributed by atoms with van der Waals surface area (Å²) in [6.45, 7) is 6.88. The van der Waals surface area contributed by atoms with Crippen LogP contribution in [0, 0.1) is 0 Å². The van der Waals surface area contributed by atoms with Gasteiger partial charge in [-0.25, -0.2) is 0 Å². The molecule has 0 radical (unpaired) electrons. The van der Waals surface area contributed by atoms with Crippen LogP contribution in [-0.4, -0.2) is 17.5 Å². The summed E-state index contributed by atoms with van der Waals surface area (Å²) in [6.07, 6.45) is 16.0. The van der Waals surface area contributed by atoms with Gasteiger partial charge in [0.15, 0.2) is 0 Å². The maximum Gasteiger partial charge on any atom is 0.129 e. The van der Waals surface area contributed by atoms with Crippen molar-refractivity contribution in [3.8, 4) is 11.5 Å². The lowest BCUT2D eigenvalue weighted by Crippen LogP contribution is -2.18. The van der Waals surface area contributed by atoms with Crippen LogP contribution >= 0.6 is 0 Å². The fourth-order valence-corrected chi connectivity index (χ4v) is 4.45. The molecule has 1 N–H and O–H groups in total. The topological polar surface area (TPSA) is 46.5 Å². The van der Waals surface area contributed by atoms with Crippen molar-refractivity contribution in [2.45, 2.75) is 110 Å². The van der Waals surface area contributed by atoms with Crippen LogP contribution in [-0.2, 0) is 10.2 Å². The van der Waals surface area contributed by atoms with E-state index < -0.39 is 0 Å². The van der Waals surface area contributed by atoms with Crippen molar-refractivity contribution < 1.29 is 14.6 Å². The number of hydrogen-bond donors (Lipinski definition) is 1. The van der Waals surface area contributed by atoms with Gasteiger partial charge in [0.2, 0.25) is 0 Å². The first-order valence-electron chi connectivity index (χ1n) is 13.4. The van der Waals surface area contributed by atoms with Gasteiger partial charge in [0.05, 0.1) is 6.61 Å². The average molecular weight is 467 g/mol. The quantitative estimate of drug-likeness (QED) is 0.223. The van der Waals surface area contributed by atoms with Crippen LogP contribution < -0.4 is 4.74 Å². The van der Waals surface area contributed by atoms with Gasteiger partial charge in [0.1, 0.15) is 17.3 Å². The molecule has 0 saturated heterocycles. The second-order valence-corrected chi connectivity index (χ2v) is 10.2. The molecule has 0 amide bonds. The van der Waals surface area contributed by atoms with E-state index in [9.17, 15) is 9.90 Å². The summed E-state index contributed by atoms with van der Waals surface area (Å²) in [5.74, 6) is 1.56. The second kappa shape index (κ2) is 15.6. The Morgan fingerprint density at radius 1 is 0.676 bits per heavy atom. The van der Waals surface area contributed by atoms with Gasteiger partial charge in [-0.1, -0.05) is 102 Å². The van der Waals surface area contributed by atoms with Gasteiger partial charge in [-0.15, -0.1) is 0 Å². The van der Waals surface area contributed by atoms with E-state index in [0.29, 0.717) is 11.5 Å². The molecule has 0 unspecified atom stereocenters. The first-order valence-corrected chi connectivity index (χ1v) is 13.4. The van der Waals surface area contributed by atoms with Gasteiger partial charge >= 0.3 is 0 Å². The molecule has 188 valence electrons. The third-order valence-electron chi connectivity index (χ3n) is 6.86. The highest BCUT2D eigenvalue weighted by molar-refractivity contribution is 5.75. The number of benzene rings is 2. The molecule has 0 aliphatic heterocycles. The fourth-order valence-electron chi connectivity index (χ4n) is 4.45. The van der Waals surface area contributed by atoms with Crippen LogP contribution in [0.2, 0.25) is 0 Å². The number of Topliss-reactive ketones (excluding diaryl/α,β-unsaturated/α-hetero) is 1. The Balaban J connectivity index is 1.49. The van der Waals surface area contributed by atoms with Crippen molar-refractivity contribution in [3.63, 3.8) is 0 Å². The van der Waals surface area contributed by atoms with Crippen molar-refractivity contribution in [2.24, 2.45) is 0 Å². The predicted octanol–water partition coefficient (Wildman–Crippen LogP) is 8.76. The second-order valence-electron chi connectivity index (χ2n) is 10.2. The number of rotatable bonds is 18. The van der Waals surface area contributed by atoms with Crippen molar-refractivity contribution in [2.75, 3.05) is 6.61 Å². The summed E-state index contributed by atoms with van der Waals surface area (Å²) in [5, 5.41) is 9.54. The minimum Gasteiger partial charge on any atom is -0.508 e. The van der Waals surface area contributed by atoms with Crippen LogP contribution in [0.3, 0.4) is 0 Å². The summed E-state index contributed by atoms with van der Waals surface area (Å²) < 4.78 is 5.96. The van der Waals surface area contributed by atoms with Crippen LogP contribution in [0.1, 0.15) is 115 Å². The lowest BCUT2D eigenvalue weighted by Gasteiger charge is -2.26. The molecule has 2 aromatic carbocycles. The number of phenolic OH excluding ortho intramolecular Hbond substituents is 1. The average Bonchev–Trinajstić information content (AvgIpc) is 2.82. The standard InChI is InChI=1S/C31H46O3/c1-26(32)16-14-12-10-8-6-4-5-7-9-11-13-15-25-34-30-23-19-28(20-24-30)31(2,3)27-17-21-29(33)22-18-27/h17-24,33H,4-16,25H2,1-3H3. The van der Waals surface area contributed by atoms with Crippen molar-refractivity contribution >= 4 is 5.78 Å². The van der Waals surface area contributed by atoms with E-state index in [4.69, 9.17) is 4.74 Å².